The van der Waals surface area contributed by atoms with Gasteiger partial charge in [-0.1, -0.05) is 30.3 Å². The Morgan fingerprint density at radius 1 is 0.950 bits per heavy atom. The van der Waals surface area contributed by atoms with E-state index in [1.54, 1.807) is 24.3 Å². The molecule has 0 aliphatic heterocycles. The molecule has 2 rings (SSSR count). The molecule has 5 heteroatoms. The second-order valence-electron chi connectivity index (χ2n) is 4.41. The number of benzene rings is 2. The summed E-state index contributed by atoms with van der Waals surface area (Å²) in [6.45, 7) is 0. The maximum absolute atomic E-state index is 12.8. The number of rotatable bonds is 5. The molecule has 2 aromatic carbocycles. The van der Waals surface area contributed by atoms with Crippen molar-refractivity contribution in [2.45, 2.75) is 11.3 Å². The van der Waals surface area contributed by atoms with E-state index in [4.69, 9.17) is 0 Å². The summed E-state index contributed by atoms with van der Waals surface area (Å²) in [5.41, 5.74) is 0.770. The molecule has 0 N–H and O–H groups in total. The van der Waals surface area contributed by atoms with Gasteiger partial charge in [0.25, 0.3) is 0 Å². The summed E-state index contributed by atoms with van der Waals surface area (Å²) in [7, 11) is -3.71. The zero-order chi connectivity index (χ0) is 14.6. The van der Waals surface area contributed by atoms with Crippen molar-refractivity contribution < 1.29 is 17.6 Å². The summed E-state index contributed by atoms with van der Waals surface area (Å²) < 4.78 is 36.8. The molecule has 0 atom stereocenters. The van der Waals surface area contributed by atoms with Gasteiger partial charge in [0.1, 0.15) is 11.6 Å². The van der Waals surface area contributed by atoms with Crippen LogP contribution in [-0.2, 0) is 21.1 Å². The van der Waals surface area contributed by atoms with Crippen LogP contribution in [0.4, 0.5) is 4.39 Å². The zero-order valence-corrected chi connectivity index (χ0v) is 11.4. The second kappa shape index (κ2) is 5.96. The predicted octanol–water partition coefficient (Wildman–Crippen LogP) is 2.41. The van der Waals surface area contributed by atoms with Crippen LogP contribution in [0.3, 0.4) is 0 Å². The normalized spacial score (nSPS) is 11.2. The fourth-order valence-electron chi connectivity index (χ4n) is 1.81. The van der Waals surface area contributed by atoms with E-state index in [9.17, 15) is 17.6 Å². The molecule has 0 saturated carbocycles. The van der Waals surface area contributed by atoms with Crippen LogP contribution in [0.5, 0.6) is 0 Å². The van der Waals surface area contributed by atoms with E-state index < -0.39 is 21.4 Å². The van der Waals surface area contributed by atoms with E-state index in [-0.39, 0.29) is 17.1 Å². The van der Waals surface area contributed by atoms with Gasteiger partial charge in [0.2, 0.25) is 0 Å². The molecule has 20 heavy (non-hydrogen) atoms. The van der Waals surface area contributed by atoms with Gasteiger partial charge < -0.3 is 0 Å². The van der Waals surface area contributed by atoms with Gasteiger partial charge in [-0.05, 0) is 29.8 Å². The van der Waals surface area contributed by atoms with E-state index in [1.807, 2.05) is 6.07 Å². The molecule has 0 radical (unpaired) electrons. The Balaban J connectivity index is 2.08. The SMILES string of the molecule is O=C(Cc1ccccc1)CS(=O)(=O)c1ccc(F)cc1. The summed E-state index contributed by atoms with van der Waals surface area (Å²) in [5.74, 6) is -1.48. The lowest BCUT2D eigenvalue weighted by Gasteiger charge is -2.04. The maximum atomic E-state index is 12.8. The van der Waals surface area contributed by atoms with Crippen LogP contribution < -0.4 is 0 Å². The molecular formula is C15H13FO3S. The van der Waals surface area contributed by atoms with Crippen molar-refractivity contribution in [3.05, 3.63) is 66.0 Å². The molecule has 0 saturated heterocycles. The Hall–Kier alpha value is -2.01. The maximum Gasteiger partial charge on any atom is 0.185 e. The minimum absolute atomic E-state index is 0.0414. The lowest BCUT2D eigenvalue weighted by molar-refractivity contribution is -0.116. The fraction of sp³-hybridized carbons (Fsp3) is 0.133. The highest BCUT2D eigenvalue weighted by atomic mass is 32.2. The summed E-state index contributed by atoms with van der Waals surface area (Å²) >= 11 is 0. The van der Waals surface area contributed by atoms with Gasteiger partial charge in [0.15, 0.2) is 15.6 Å². The van der Waals surface area contributed by atoms with Crippen LogP contribution in [0.1, 0.15) is 5.56 Å². The first-order valence-corrected chi connectivity index (χ1v) is 7.66. The number of ketones is 1. The predicted molar refractivity (Wildman–Crippen MR) is 73.6 cm³/mol. The van der Waals surface area contributed by atoms with Gasteiger partial charge in [0, 0.05) is 6.42 Å². The van der Waals surface area contributed by atoms with Crippen molar-refractivity contribution in [3.63, 3.8) is 0 Å². The molecule has 0 amide bonds. The quantitative estimate of drug-likeness (QED) is 0.795. The molecule has 0 spiro atoms. The monoisotopic (exact) mass is 292 g/mol. The average molecular weight is 292 g/mol. The number of carbonyl (C=O) groups excluding carboxylic acids is 1. The molecule has 0 heterocycles. The standard InChI is InChI=1S/C15H13FO3S/c16-13-6-8-15(9-7-13)20(18,19)11-14(17)10-12-4-2-1-3-5-12/h1-9H,10-11H2. The molecule has 0 bridgehead atoms. The molecule has 0 aromatic heterocycles. The third-order valence-electron chi connectivity index (χ3n) is 2.77. The first-order valence-electron chi connectivity index (χ1n) is 6.01. The van der Waals surface area contributed by atoms with E-state index in [0.717, 1.165) is 17.7 Å². The van der Waals surface area contributed by atoms with Crippen molar-refractivity contribution in [1.82, 2.24) is 0 Å². The summed E-state index contributed by atoms with van der Waals surface area (Å²) in [6.07, 6.45) is 0.0707. The molecule has 3 nitrogen and oxygen atoms in total. The fourth-order valence-corrected chi connectivity index (χ4v) is 3.06. The number of halogens is 1. The van der Waals surface area contributed by atoms with E-state index >= 15 is 0 Å². The summed E-state index contributed by atoms with van der Waals surface area (Å²) in [4.78, 5) is 11.8. The Bertz CT molecular complexity index is 692. The largest absolute Gasteiger partial charge is 0.298 e. The Morgan fingerprint density at radius 3 is 2.15 bits per heavy atom. The van der Waals surface area contributed by atoms with Crippen molar-refractivity contribution in [1.29, 1.82) is 0 Å². The topological polar surface area (TPSA) is 51.2 Å². The molecule has 2 aromatic rings. The Kier molecular flexibility index (Phi) is 4.29. The van der Waals surface area contributed by atoms with Gasteiger partial charge in [-0.25, -0.2) is 12.8 Å². The zero-order valence-electron chi connectivity index (χ0n) is 10.6. The molecule has 104 valence electrons. The van der Waals surface area contributed by atoms with Gasteiger partial charge in [0.05, 0.1) is 4.90 Å². The van der Waals surface area contributed by atoms with Crippen LogP contribution in [0.2, 0.25) is 0 Å². The highest BCUT2D eigenvalue weighted by Crippen LogP contribution is 2.13. The van der Waals surface area contributed by atoms with Crippen LogP contribution in [0, 0.1) is 5.82 Å². The van der Waals surface area contributed by atoms with Crippen LogP contribution >= 0.6 is 0 Å². The van der Waals surface area contributed by atoms with Gasteiger partial charge in [-0.2, -0.15) is 0 Å². The third-order valence-corrected chi connectivity index (χ3v) is 4.46. The molecule has 0 unspecified atom stereocenters. The van der Waals surface area contributed by atoms with Gasteiger partial charge in [-0.15, -0.1) is 0 Å². The molecule has 0 fully saturated rings. The lowest BCUT2D eigenvalue weighted by atomic mass is 10.1. The van der Waals surface area contributed by atoms with Crippen molar-refractivity contribution in [3.8, 4) is 0 Å². The number of hydrogen-bond acceptors (Lipinski definition) is 3. The number of carbonyl (C=O) groups is 1. The number of hydrogen-bond donors (Lipinski definition) is 0. The van der Waals surface area contributed by atoms with Crippen molar-refractivity contribution in [2.75, 3.05) is 5.75 Å². The Morgan fingerprint density at radius 2 is 1.55 bits per heavy atom. The smallest absolute Gasteiger partial charge is 0.185 e. The number of sulfone groups is 1. The van der Waals surface area contributed by atoms with E-state index in [1.165, 1.54) is 12.1 Å². The van der Waals surface area contributed by atoms with Crippen molar-refractivity contribution >= 4 is 15.6 Å². The molecule has 0 aliphatic rings. The first kappa shape index (κ1) is 14.4. The summed E-state index contributed by atoms with van der Waals surface area (Å²) in [5, 5.41) is 0. The minimum Gasteiger partial charge on any atom is -0.298 e. The molecule has 0 aliphatic carbocycles. The summed E-state index contributed by atoms with van der Waals surface area (Å²) in [6, 6.07) is 13.4. The van der Waals surface area contributed by atoms with Gasteiger partial charge in [-0.3, -0.25) is 4.79 Å². The van der Waals surface area contributed by atoms with Crippen LogP contribution in [0.15, 0.2) is 59.5 Å². The second-order valence-corrected chi connectivity index (χ2v) is 6.40. The average Bonchev–Trinajstić information content (AvgIpc) is 2.39. The minimum atomic E-state index is -3.71. The van der Waals surface area contributed by atoms with E-state index in [0.29, 0.717) is 0 Å². The lowest BCUT2D eigenvalue weighted by Crippen LogP contribution is -2.18. The number of Topliss-reactive ketones (excluding diaryl/α,β-unsaturated/α-hetero) is 1. The highest BCUT2D eigenvalue weighted by molar-refractivity contribution is 7.92. The highest BCUT2D eigenvalue weighted by Gasteiger charge is 2.19. The first-order chi connectivity index (χ1) is 9.47. The third kappa shape index (κ3) is 3.74. The van der Waals surface area contributed by atoms with Crippen LogP contribution in [0.25, 0.3) is 0 Å². The van der Waals surface area contributed by atoms with Crippen LogP contribution in [-0.4, -0.2) is 20.0 Å². The van der Waals surface area contributed by atoms with Gasteiger partial charge >= 0.3 is 0 Å². The molecular weight excluding hydrogens is 279 g/mol. The Labute approximate surface area is 117 Å². The van der Waals surface area contributed by atoms with Crippen molar-refractivity contribution in [2.24, 2.45) is 0 Å². The van der Waals surface area contributed by atoms with E-state index in [2.05, 4.69) is 0 Å².